The summed E-state index contributed by atoms with van der Waals surface area (Å²) in [5.41, 5.74) is 3.84. The molecule has 1 aliphatic carbocycles. The number of anilines is 1. The van der Waals surface area contributed by atoms with Crippen LogP contribution in [-0.4, -0.2) is 22.9 Å². The lowest BCUT2D eigenvalue weighted by Crippen LogP contribution is -2.31. The monoisotopic (exact) mass is 517 g/mol. The van der Waals surface area contributed by atoms with Crippen molar-refractivity contribution in [3.63, 3.8) is 0 Å². The Morgan fingerprint density at radius 1 is 0.868 bits per heavy atom. The van der Waals surface area contributed by atoms with E-state index in [0.717, 1.165) is 30.0 Å². The first kappa shape index (κ1) is 25.3. The highest BCUT2D eigenvalue weighted by molar-refractivity contribution is 5.96. The van der Waals surface area contributed by atoms with Gasteiger partial charge in [-0.3, -0.25) is 9.69 Å². The Kier molecular flexibility index (Phi) is 6.80. The van der Waals surface area contributed by atoms with Gasteiger partial charge in [0.2, 0.25) is 5.91 Å². The SMILES string of the molecule is Cc1c(F)c(F)c(F)c(F)c1CC(=O)N(C)c1nc2c(nc1/C=C/c1ccccc1)-c1ccccc1CC2. The molecule has 0 aliphatic heterocycles. The van der Waals surface area contributed by atoms with E-state index in [0.29, 0.717) is 23.5 Å². The third-order valence-electron chi connectivity index (χ3n) is 6.76. The highest BCUT2D eigenvalue weighted by Gasteiger charge is 2.28. The van der Waals surface area contributed by atoms with Crippen LogP contribution in [0, 0.1) is 30.2 Å². The smallest absolute Gasteiger partial charge is 0.232 e. The molecular weight excluding hydrogens is 494 g/mol. The van der Waals surface area contributed by atoms with Crippen molar-refractivity contribution in [2.75, 3.05) is 11.9 Å². The fourth-order valence-electron chi connectivity index (χ4n) is 4.57. The molecule has 0 saturated heterocycles. The van der Waals surface area contributed by atoms with Gasteiger partial charge < -0.3 is 0 Å². The standard InChI is InChI=1S/C30H23F4N3O/c1-17-21(26(32)28(34)27(33)25(17)31)16-24(38)37(2)30-23(14-12-18-8-4-3-5-9-18)35-29-20-11-7-6-10-19(20)13-15-22(29)36-30/h3-12,14H,13,15-16H2,1-2H3/b14-12+. The summed E-state index contributed by atoms with van der Waals surface area (Å²) < 4.78 is 56.1. The fraction of sp³-hybridized carbons (Fsp3) is 0.167. The van der Waals surface area contributed by atoms with Crippen LogP contribution in [0.1, 0.15) is 33.6 Å². The summed E-state index contributed by atoms with van der Waals surface area (Å²) in [7, 11) is 1.44. The van der Waals surface area contributed by atoms with Crippen LogP contribution < -0.4 is 4.90 Å². The van der Waals surface area contributed by atoms with E-state index in [4.69, 9.17) is 9.97 Å². The van der Waals surface area contributed by atoms with E-state index in [1.165, 1.54) is 11.9 Å². The molecule has 192 valence electrons. The minimum absolute atomic E-state index is 0.224. The Morgan fingerprint density at radius 2 is 1.55 bits per heavy atom. The van der Waals surface area contributed by atoms with Crippen LogP contribution in [0.4, 0.5) is 23.4 Å². The summed E-state index contributed by atoms with van der Waals surface area (Å²) in [6.07, 6.45) is 4.25. The van der Waals surface area contributed by atoms with Gasteiger partial charge in [0.1, 0.15) is 5.69 Å². The van der Waals surface area contributed by atoms with Gasteiger partial charge in [0, 0.05) is 18.2 Å². The second-order valence-electron chi connectivity index (χ2n) is 9.12. The summed E-state index contributed by atoms with van der Waals surface area (Å²) >= 11 is 0. The molecule has 5 rings (SSSR count). The Morgan fingerprint density at radius 3 is 2.32 bits per heavy atom. The molecule has 3 aromatic carbocycles. The van der Waals surface area contributed by atoms with Crippen molar-refractivity contribution in [2.24, 2.45) is 0 Å². The number of rotatable bonds is 5. The molecule has 1 aromatic heterocycles. The summed E-state index contributed by atoms with van der Waals surface area (Å²) in [5.74, 6) is -7.41. The highest BCUT2D eigenvalue weighted by atomic mass is 19.2. The zero-order valence-corrected chi connectivity index (χ0v) is 20.7. The van der Waals surface area contributed by atoms with Gasteiger partial charge in [0.15, 0.2) is 29.1 Å². The molecule has 0 bridgehead atoms. The first-order chi connectivity index (χ1) is 18.3. The number of aromatic nitrogens is 2. The highest BCUT2D eigenvalue weighted by Crippen LogP contribution is 2.34. The average Bonchev–Trinajstić information content (AvgIpc) is 2.95. The molecule has 0 fully saturated rings. The molecule has 0 atom stereocenters. The van der Waals surface area contributed by atoms with Crippen LogP contribution in [0.5, 0.6) is 0 Å². The predicted octanol–water partition coefficient (Wildman–Crippen LogP) is 6.48. The molecule has 1 aliphatic rings. The number of halogens is 4. The normalized spacial score (nSPS) is 12.4. The maximum atomic E-state index is 14.5. The summed E-state index contributed by atoms with van der Waals surface area (Å²) in [5, 5.41) is 0. The molecule has 0 radical (unpaired) electrons. The molecule has 8 heteroatoms. The van der Waals surface area contributed by atoms with Crippen molar-refractivity contribution in [1.82, 2.24) is 9.97 Å². The van der Waals surface area contributed by atoms with Crippen LogP contribution in [0.3, 0.4) is 0 Å². The number of carbonyl (C=O) groups is 1. The number of hydrogen-bond acceptors (Lipinski definition) is 3. The van der Waals surface area contributed by atoms with Crippen molar-refractivity contribution < 1.29 is 22.4 Å². The second-order valence-corrected chi connectivity index (χ2v) is 9.12. The number of nitrogens with zero attached hydrogens (tertiary/aromatic N) is 3. The number of benzene rings is 3. The quantitative estimate of drug-likeness (QED) is 0.173. The molecule has 1 heterocycles. The summed E-state index contributed by atoms with van der Waals surface area (Å²) in [4.78, 5) is 24.1. The Balaban J connectivity index is 1.57. The molecule has 4 aromatic rings. The molecule has 1 amide bonds. The van der Waals surface area contributed by atoms with Crippen molar-refractivity contribution in [3.05, 3.63) is 112 Å². The Hall–Kier alpha value is -4.33. The maximum Gasteiger partial charge on any atom is 0.232 e. The van der Waals surface area contributed by atoms with E-state index in [1.54, 1.807) is 6.08 Å². The van der Waals surface area contributed by atoms with Crippen molar-refractivity contribution >= 4 is 23.9 Å². The number of amides is 1. The number of aryl methyl sites for hydroxylation is 2. The molecule has 0 N–H and O–H groups in total. The van der Waals surface area contributed by atoms with Gasteiger partial charge in [-0.05, 0) is 42.5 Å². The van der Waals surface area contributed by atoms with Gasteiger partial charge in [-0.15, -0.1) is 0 Å². The first-order valence-electron chi connectivity index (χ1n) is 12.1. The van der Waals surface area contributed by atoms with Crippen LogP contribution >= 0.6 is 0 Å². The van der Waals surface area contributed by atoms with Crippen LogP contribution in [0.15, 0.2) is 54.6 Å². The minimum atomic E-state index is -1.95. The zero-order chi connectivity index (χ0) is 27.0. The number of hydrogen-bond donors (Lipinski definition) is 0. The topological polar surface area (TPSA) is 46.1 Å². The van der Waals surface area contributed by atoms with Crippen molar-refractivity contribution in [1.29, 1.82) is 0 Å². The van der Waals surface area contributed by atoms with Gasteiger partial charge in [0.25, 0.3) is 0 Å². The van der Waals surface area contributed by atoms with Crippen LogP contribution in [0.2, 0.25) is 0 Å². The summed E-state index contributed by atoms with van der Waals surface area (Å²) in [6, 6.07) is 17.4. The molecule has 0 saturated carbocycles. The van der Waals surface area contributed by atoms with Crippen LogP contribution in [0.25, 0.3) is 23.4 Å². The lowest BCUT2D eigenvalue weighted by Gasteiger charge is -2.24. The van der Waals surface area contributed by atoms with E-state index in [-0.39, 0.29) is 5.82 Å². The van der Waals surface area contributed by atoms with Crippen molar-refractivity contribution in [2.45, 2.75) is 26.2 Å². The van der Waals surface area contributed by atoms with E-state index >= 15 is 0 Å². The van der Waals surface area contributed by atoms with Gasteiger partial charge in [-0.2, -0.15) is 0 Å². The van der Waals surface area contributed by atoms with Gasteiger partial charge in [0.05, 0.1) is 17.8 Å². The molecule has 38 heavy (non-hydrogen) atoms. The van der Waals surface area contributed by atoms with E-state index in [2.05, 4.69) is 0 Å². The zero-order valence-electron chi connectivity index (χ0n) is 20.7. The lowest BCUT2D eigenvalue weighted by molar-refractivity contribution is -0.117. The molecular formula is C30H23F4N3O. The average molecular weight is 518 g/mol. The second kappa shape index (κ2) is 10.2. The lowest BCUT2D eigenvalue weighted by atomic mass is 9.92. The van der Waals surface area contributed by atoms with Gasteiger partial charge in [-0.25, -0.2) is 27.5 Å². The molecule has 4 nitrogen and oxygen atoms in total. The minimum Gasteiger partial charge on any atom is -0.298 e. The van der Waals surface area contributed by atoms with Gasteiger partial charge >= 0.3 is 0 Å². The third kappa shape index (κ3) is 4.58. The van der Waals surface area contributed by atoms with E-state index < -0.39 is 46.7 Å². The molecule has 0 unspecified atom stereocenters. The molecule has 0 spiro atoms. The Bertz CT molecular complexity index is 1560. The van der Waals surface area contributed by atoms with E-state index in [1.807, 2.05) is 60.7 Å². The third-order valence-corrected chi connectivity index (χ3v) is 6.76. The fourth-order valence-corrected chi connectivity index (χ4v) is 4.57. The number of fused-ring (bicyclic) bond motifs is 3. The van der Waals surface area contributed by atoms with Crippen LogP contribution in [-0.2, 0) is 24.1 Å². The van der Waals surface area contributed by atoms with Crippen molar-refractivity contribution in [3.8, 4) is 11.3 Å². The largest absolute Gasteiger partial charge is 0.298 e. The Labute approximate surface area is 217 Å². The van der Waals surface area contributed by atoms with Gasteiger partial charge in [-0.1, -0.05) is 60.7 Å². The first-order valence-corrected chi connectivity index (χ1v) is 12.1. The summed E-state index contributed by atoms with van der Waals surface area (Å²) in [6.45, 7) is 1.10. The number of carbonyl (C=O) groups excluding carboxylic acids is 1. The number of likely N-dealkylation sites (N-methyl/N-ethyl adjacent to an activating group) is 1. The van der Waals surface area contributed by atoms with E-state index in [9.17, 15) is 22.4 Å². The maximum absolute atomic E-state index is 14.5. The predicted molar refractivity (Wildman–Crippen MR) is 138 cm³/mol.